The van der Waals surface area contributed by atoms with Crippen LogP contribution in [0, 0.1) is 0 Å². The second-order valence-electron chi connectivity index (χ2n) is 2.48. The molecule has 1 aliphatic heterocycles. The Morgan fingerprint density at radius 2 is 2.29 bits per heavy atom. The van der Waals surface area contributed by atoms with Crippen molar-refractivity contribution in [2.24, 2.45) is 0 Å². The lowest BCUT2D eigenvalue weighted by Crippen LogP contribution is -2.15. The van der Waals surface area contributed by atoms with Crippen LogP contribution in [0.15, 0.2) is 0 Å². The Bertz CT molecular complexity index is 287. The maximum atomic E-state index is 11.2. The fourth-order valence-electron chi connectivity index (χ4n) is 0.841. The molecule has 7 nitrogen and oxygen atoms in total. The lowest BCUT2D eigenvalue weighted by Gasteiger charge is -2.29. The van der Waals surface area contributed by atoms with Crippen LogP contribution in [0.2, 0.25) is 0 Å². The number of phosphoric acid groups is 2. The van der Waals surface area contributed by atoms with E-state index in [4.69, 9.17) is 11.6 Å². The first-order valence-electron chi connectivity index (χ1n) is 3.57. The second kappa shape index (κ2) is 4.60. The van der Waals surface area contributed by atoms with E-state index in [1.54, 1.807) is 0 Å². The molecule has 1 saturated heterocycles. The molecule has 0 saturated carbocycles. The van der Waals surface area contributed by atoms with Crippen molar-refractivity contribution >= 4 is 27.2 Å². The van der Waals surface area contributed by atoms with E-state index in [-0.39, 0.29) is 12.5 Å². The average Bonchev–Trinajstić information content (AvgIpc) is 2.28. The Kier molecular flexibility index (Phi) is 4.14. The highest BCUT2D eigenvalue weighted by Gasteiger charge is 2.39. The van der Waals surface area contributed by atoms with E-state index in [0.717, 1.165) is 0 Å². The van der Waals surface area contributed by atoms with Crippen LogP contribution in [0.3, 0.4) is 0 Å². The van der Waals surface area contributed by atoms with Gasteiger partial charge in [-0.05, 0) is 6.42 Å². The molecule has 0 N–H and O–H groups in total. The van der Waals surface area contributed by atoms with Crippen LogP contribution in [0.25, 0.3) is 0 Å². The molecule has 1 aliphatic rings. The third-order valence-electron chi connectivity index (χ3n) is 1.33. The molecular formula is C4H7ClO7P2-2. The predicted molar refractivity (Wildman–Crippen MR) is 42.5 cm³/mol. The molecule has 0 aromatic carbocycles. The van der Waals surface area contributed by atoms with E-state index in [2.05, 4.69) is 13.4 Å². The highest BCUT2D eigenvalue weighted by Crippen LogP contribution is 2.62. The summed E-state index contributed by atoms with van der Waals surface area (Å²) in [6.45, 7) is -0.107. The first-order chi connectivity index (χ1) is 6.35. The molecule has 0 bridgehead atoms. The minimum atomic E-state index is -5.37. The van der Waals surface area contributed by atoms with Gasteiger partial charge < -0.3 is 14.4 Å². The first-order valence-corrected chi connectivity index (χ1v) is 7.02. The molecule has 0 aromatic heterocycles. The Balaban J connectivity index is 2.54. The second-order valence-corrected chi connectivity index (χ2v) is 5.77. The summed E-state index contributed by atoms with van der Waals surface area (Å²) in [6, 6.07) is 0. The van der Waals surface area contributed by atoms with Gasteiger partial charge in [0, 0.05) is 5.88 Å². The maximum absolute atomic E-state index is 11.2. The van der Waals surface area contributed by atoms with Crippen LogP contribution < -0.4 is 9.79 Å². The van der Waals surface area contributed by atoms with Gasteiger partial charge in [0.25, 0.3) is 0 Å². The molecule has 2 atom stereocenters. The summed E-state index contributed by atoms with van der Waals surface area (Å²) >= 11 is 5.36. The van der Waals surface area contributed by atoms with Gasteiger partial charge in [0.15, 0.2) is 0 Å². The number of hydrogen-bond acceptors (Lipinski definition) is 7. The minimum absolute atomic E-state index is 0.107. The molecule has 1 heterocycles. The van der Waals surface area contributed by atoms with Crippen molar-refractivity contribution in [1.82, 2.24) is 0 Å². The Morgan fingerprint density at radius 1 is 1.64 bits per heavy atom. The molecule has 0 amide bonds. The first kappa shape index (κ1) is 12.6. The van der Waals surface area contributed by atoms with Crippen molar-refractivity contribution < 1.29 is 32.3 Å². The standard InChI is InChI=1S/C4H9ClO7P2/c5-2-1-4-3-10-14(9,11-4)12-13(6,7)8/h4H,1-3H2,(H2,6,7,8)/p-2. The SMILES string of the molecule is O=P([O-])([O-])OP1(=O)OCC(CCCl)O1. The van der Waals surface area contributed by atoms with Gasteiger partial charge in [-0.3, -0.25) is 13.4 Å². The number of alkyl halides is 1. The van der Waals surface area contributed by atoms with Gasteiger partial charge in [-0.2, -0.15) is 0 Å². The van der Waals surface area contributed by atoms with E-state index in [0.29, 0.717) is 6.42 Å². The minimum Gasteiger partial charge on any atom is -0.789 e. The maximum Gasteiger partial charge on any atom is 0.479 e. The number of hydrogen-bond donors (Lipinski definition) is 0. The summed E-state index contributed by atoms with van der Waals surface area (Å²) in [5.41, 5.74) is 0. The zero-order valence-corrected chi connectivity index (χ0v) is 9.37. The van der Waals surface area contributed by atoms with Crippen molar-refractivity contribution in [3.05, 3.63) is 0 Å². The van der Waals surface area contributed by atoms with Crippen LogP contribution in [-0.2, 0) is 22.5 Å². The van der Waals surface area contributed by atoms with Gasteiger partial charge in [-0.1, -0.05) is 0 Å². The smallest absolute Gasteiger partial charge is 0.479 e. The summed E-state index contributed by atoms with van der Waals surface area (Å²) in [7, 11) is -9.60. The van der Waals surface area contributed by atoms with Crippen molar-refractivity contribution in [2.45, 2.75) is 12.5 Å². The predicted octanol–water partition coefficient (Wildman–Crippen LogP) is -0.0159. The summed E-state index contributed by atoms with van der Waals surface area (Å²) in [5.74, 6) is 0.237. The monoisotopic (exact) mass is 264 g/mol. The molecule has 2 unspecified atom stereocenters. The number of phosphoric ester groups is 1. The molecule has 0 spiro atoms. The highest BCUT2D eigenvalue weighted by atomic mass is 35.5. The molecule has 1 fully saturated rings. The van der Waals surface area contributed by atoms with Crippen LogP contribution in [-0.4, -0.2) is 18.6 Å². The van der Waals surface area contributed by atoms with Crippen LogP contribution in [0.5, 0.6) is 0 Å². The molecule has 0 radical (unpaired) electrons. The Morgan fingerprint density at radius 3 is 2.79 bits per heavy atom. The summed E-state index contributed by atoms with van der Waals surface area (Å²) in [4.78, 5) is 20.3. The van der Waals surface area contributed by atoms with Gasteiger partial charge in [0.2, 0.25) is 0 Å². The topological polar surface area (TPSA) is 108 Å². The van der Waals surface area contributed by atoms with E-state index < -0.39 is 21.7 Å². The normalized spacial score (nSPS) is 33.5. The highest BCUT2D eigenvalue weighted by molar-refractivity contribution is 7.60. The average molecular weight is 264 g/mol. The Labute approximate surface area is 85.2 Å². The van der Waals surface area contributed by atoms with Gasteiger partial charge in [0.1, 0.15) is 0 Å². The molecule has 10 heteroatoms. The molecule has 84 valence electrons. The fraction of sp³-hybridized carbons (Fsp3) is 1.00. The molecule has 1 rings (SSSR count). The quantitative estimate of drug-likeness (QED) is 0.518. The van der Waals surface area contributed by atoms with Gasteiger partial charge in [-0.25, -0.2) is 4.57 Å². The van der Waals surface area contributed by atoms with Crippen LogP contribution in [0.1, 0.15) is 6.42 Å². The van der Waals surface area contributed by atoms with E-state index in [9.17, 15) is 18.9 Å². The van der Waals surface area contributed by atoms with Crippen LogP contribution in [0.4, 0.5) is 0 Å². The van der Waals surface area contributed by atoms with Crippen LogP contribution >= 0.6 is 27.2 Å². The third kappa shape index (κ3) is 3.96. The van der Waals surface area contributed by atoms with Gasteiger partial charge >= 0.3 is 7.82 Å². The molecule has 14 heavy (non-hydrogen) atoms. The lowest BCUT2D eigenvalue weighted by molar-refractivity contribution is -0.334. The van der Waals surface area contributed by atoms with Crippen molar-refractivity contribution in [3.8, 4) is 0 Å². The molecular weight excluding hydrogens is 257 g/mol. The largest absolute Gasteiger partial charge is 0.789 e. The lowest BCUT2D eigenvalue weighted by atomic mass is 10.3. The fourth-order valence-corrected chi connectivity index (χ4v) is 3.35. The van der Waals surface area contributed by atoms with Gasteiger partial charge in [0.05, 0.1) is 20.5 Å². The number of halogens is 1. The van der Waals surface area contributed by atoms with Crippen molar-refractivity contribution in [2.75, 3.05) is 12.5 Å². The van der Waals surface area contributed by atoms with Crippen molar-refractivity contribution in [1.29, 1.82) is 0 Å². The zero-order chi connectivity index (χ0) is 10.8. The van der Waals surface area contributed by atoms with E-state index in [1.807, 2.05) is 0 Å². The van der Waals surface area contributed by atoms with E-state index in [1.165, 1.54) is 0 Å². The number of rotatable bonds is 4. The van der Waals surface area contributed by atoms with Gasteiger partial charge in [-0.15, -0.1) is 11.6 Å². The van der Waals surface area contributed by atoms with Crippen molar-refractivity contribution in [3.63, 3.8) is 0 Å². The Hall–Kier alpha value is 0.550. The summed E-state index contributed by atoms with van der Waals surface area (Å²) in [5, 5.41) is 0. The zero-order valence-electron chi connectivity index (χ0n) is 6.83. The molecule has 0 aromatic rings. The third-order valence-corrected chi connectivity index (χ3v) is 4.17. The molecule has 0 aliphatic carbocycles. The van der Waals surface area contributed by atoms with E-state index >= 15 is 0 Å². The summed E-state index contributed by atoms with van der Waals surface area (Å²) in [6.07, 6.45) is -0.276. The summed E-state index contributed by atoms with van der Waals surface area (Å²) < 4.78 is 34.1.